The van der Waals surface area contributed by atoms with Crippen LogP contribution >= 0.6 is 34.8 Å². The minimum absolute atomic E-state index is 0.0314. The lowest BCUT2D eigenvalue weighted by Gasteiger charge is -2.12. The number of halogens is 3. The maximum Gasteiger partial charge on any atom is 0.262 e. The van der Waals surface area contributed by atoms with Gasteiger partial charge in [-0.05, 0) is 18.2 Å². The summed E-state index contributed by atoms with van der Waals surface area (Å²) in [5.41, 5.74) is 0.0746. The van der Waals surface area contributed by atoms with Crippen LogP contribution in [0.4, 0.5) is 11.5 Å². The van der Waals surface area contributed by atoms with E-state index in [1.807, 2.05) is 0 Å². The molecule has 0 fully saturated rings. The number of benzene rings is 1. The molecule has 0 spiro atoms. The predicted octanol–water partition coefficient (Wildman–Crippen LogP) is 3.88. The fourth-order valence-electron chi connectivity index (χ4n) is 1.55. The van der Waals surface area contributed by atoms with Crippen molar-refractivity contribution in [3.63, 3.8) is 0 Å². The van der Waals surface area contributed by atoms with E-state index in [1.165, 1.54) is 30.5 Å². The third-order valence-corrected chi connectivity index (χ3v) is 4.70. The molecule has 2 rings (SSSR count). The summed E-state index contributed by atoms with van der Waals surface area (Å²) in [6.45, 7) is 0. The van der Waals surface area contributed by atoms with E-state index in [1.54, 1.807) is 7.05 Å². The summed E-state index contributed by atoms with van der Waals surface area (Å²) in [6, 6.07) is 5.55. The zero-order valence-electron chi connectivity index (χ0n) is 10.7. The molecular weight excluding hydrogens is 357 g/mol. The van der Waals surface area contributed by atoms with Crippen LogP contribution in [0.25, 0.3) is 0 Å². The van der Waals surface area contributed by atoms with Gasteiger partial charge in [0.2, 0.25) is 0 Å². The fourth-order valence-corrected chi connectivity index (χ4v) is 3.68. The molecule has 0 aliphatic carbocycles. The van der Waals surface area contributed by atoms with Crippen LogP contribution in [0.3, 0.4) is 0 Å². The van der Waals surface area contributed by atoms with Crippen molar-refractivity contribution in [3.05, 3.63) is 45.5 Å². The maximum atomic E-state index is 12.3. The molecule has 0 unspecified atom stereocenters. The Hall–Kier alpha value is -1.21. The lowest BCUT2D eigenvalue weighted by molar-refractivity contribution is 0.601. The largest absolute Gasteiger partial charge is 0.373 e. The minimum Gasteiger partial charge on any atom is -0.373 e. The number of sulfonamides is 1. The van der Waals surface area contributed by atoms with Crippen molar-refractivity contribution in [2.75, 3.05) is 17.1 Å². The van der Waals surface area contributed by atoms with E-state index in [0.29, 0.717) is 10.8 Å². The van der Waals surface area contributed by atoms with Crippen molar-refractivity contribution >= 4 is 56.3 Å². The molecular formula is C12H10Cl3N3O2S. The fraction of sp³-hybridized carbons (Fsp3) is 0.0833. The van der Waals surface area contributed by atoms with Crippen molar-refractivity contribution in [1.29, 1.82) is 0 Å². The molecule has 2 N–H and O–H groups in total. The number of nitrogens with one attached hydrogen (secondary N) is 2. The molecule has 0 aliphatic heterocycles. The molecule has 1 heterocycles. The number of aromatic nitrogens is 1. The van der Waals surface area contributed by atoms with Crippen LogP contribution in [0.15, 0.2) is 35.4 Å². The minimum atomic E-state index is -3.85. The van der Waals surface area contributed by atoms with Crippen molar-refractivity contribution in [1.82, 2.24) is 4.98 Å². The summed E-state index contributed by atoms with van der Waals surface area (Å²) in [5.74, 6) is 0.422. The van der Waals surface area contributed by atoms with Crippen LogP contribution in [0.5, 0.6) is 0 Å². The number of nitrogens with zero attached hydrogens (tertiary/aromatic N) is 1. The molecule has 1 aromatic carbocycles. The first-order chi connectivity index (χ1) is 9.83. The average Bonchev–Trinajstić information content (AvgIpc) is 2.43. The molecule has 21 heavy (non-hydrogen) atoms. The van der Waals surface area contributed by atoms with Gasteiger partial charge >= 0.3 is 0 Å². The predicted molar refractivity (Wildman–Crippen MR) is 86.1 cm³/mol. The van der Waals surface area contributed by atoms with Gasteiger partial charge in [-0.25, -0.2) is 13.4 Å². The summed E-state index contributed by atoms with van der Waals surface area (Å²) in [7, 11) is -2.21. The molecule has 0 amide bonds. The second-order valence-electron chi connectivity index (χ2n) is 3.98. The van der Waals surface area contributed by atoms with Gasteiger partial charge in [0.25, 0.3) is 10.0 Å². The lowest BCUT2D eigenvalue weighted by atomic mass is 10.3. The average molecular weight is 367 g/mol. The van der Waals surface area contributed by atoms with E-state index in [9.17, 15) is 8.42 Å². The number of pyridine rings is 1. The second-order valence-corrected chi connectivity index (χ2v) is 6.91. The summed E-state index contributed by atoms with van der Waals surface area (Å²) < 4.78 is 27.0. The Bertz CT molecular complexity index is 758. The quantitative estimate of drug-likeness (QED) is 0.861. The first-order valence-electron chi connectivity index (χ1n) is 5.64. The highest BCUT2D eigenvalue weighted by Crippen LogP contribution is 2.35. The van der Waals surface area contributed by atoms with Gasteiger partial charge in [0.15, 0.2) is 0 Å². The highest BCUT2D eigenvalue weighted by atomic mass is 35.5. The number of hydrogen-bond donors (Lipinski definition) is 2. The number of anilines is 2. The van der Waals surface area contributed by atoms with Crippen molar-refractivity contribution in [3.8, 4) is 0 Å². The van der Waals surface area contributed by atoms with Gasteiger partial charge < -0.3 is 5.32 Å². The van der Waals surface area contributed by atoms with Crippen LogP contribution in [-0.2, 0) is 10.0 Å². The molecule has 0 saturated heterocycles. The molecule has 0 radical (unpaired) electrons. The number of hydrogen-bond acceptors (Lipinski definition) is 4. The van der Waals surface area contributed by atoms with Gasteiger partial charge in [-0.2, -0.15) is 0 Å². The molecule has 0 aliphatic rings. The van der Waals surface area contributed by atoms with Crippen LogP contribution in [0.2, 0.25) is 15.1 Å². The molecule has 0 atom stereocenters. The molecule has 2 aromatic rings. The van der Waals surface area contributed by atoms with E-state index in [4.69, 9.17) is 34.8 Å². The SMILES string of the molecule is CNc1cc(S(=O)(=O)Nc2c(Cl)cc(Cl)cc2Cl)ccn1. The van der Waals surface area contributed by atoms with Crippen LogP contribution in [0, 0.1) is 0 Å². The Morgan fingerprint density at radius 3 is 2.29 bits per heavy atom. The highest BCUT2D eigenvalue weighted by Gasteiger charge is 2.19. The molecule has 0 bridgehead atoms. The normalized spacial score (nSPS) is 11.2. The van der Waals surface area contributed by atoms with E-state index >= 15 is 0 Å². The zero-order valence-corrected chi connectivity index (χ0v) is 13.8. The Kier molecular flexibility index (Phi) is 4.83. The summed E-state index contributed by atoms with van der Waals surface area (Å²) in [4.78, 5) is 3.98. The lowest BCUT2D eigenvalue weighted by Crippen LogP contribution is -2.14. The van der Waals surface area contributed by atoms with Gasteiger partial charge in [-0.15, -0.1) is 0 Å². The molecule has 112 valence electrons. The Morgan fingerprint density at radius 1 is 1.10 bits per heavy atom. The first kappa shape index (κ1) is 16.2. The van der Waals surface area contributed by atoms with Crippen LogP contribution in [0.1, 0.15) is 0 Å². The molecule has 0 saturated carbocycles. The summed E-state index contributed by atoms with van der Waals surface area (Å²) >= 11 is 17.7. The first-order valence-corrected chi connectivity index (χ1v) is 8.26. The van der Waals surface area contributed by atoms with Gasteiger partial charge in [-0.1, -0.05) is 34.8 Å². The van der Waals surface area contributed by atoms with Crippen molar-refractivity contribution in [2.24, 2.45) is 0 Å². The Balaban J connectivity index is 2.42. The third-order valence-electron chi connectivity index (χ3n) is 2.54. The van der Waals surface area contributed by atoms with Crippen LogP contribution in [-0.4, -0.2) is 20.4 Å². The highest BCUT2D eigenvalue weighted by molar-refractivity contribution is 7.92. The summed E-state index contributed by atoms with van der Waals surface area (Å²) in [5, 5.41) is 3.30. The van der Waals surface area contributed by atoms with Crippen molar-refractivity contribution < 1.29 is 8.42 Å². The van der Waals surface area contributed by atoms with Gasteiger partial charge in [0, 0.05) is 24.3 Å². The van der Waals surface area contributed by atoms with Crippen molar-refractivity contribution in [2.45, 2.75) is 4.90 Å². The Labute approximate surface area is 137 Å². The topological polar surface area (TPSA) is 71.1 Å². The third kappa shape index (κ3) is 3.71. The van der Waals surface area contributed by atoms with Crippen LogP contribution < -0.4 is 10.0 Å². The van der Waals surface area contributed by atoms with Gasteiger partial charge in [0.1, 0.15) is 5.82 Å². The van der Waals surface area contributed by atoms with E-state index in [-0.39, 0.29) is 20.6 Å². The van der Waals surface area contributed by atoms with E-state index < -0.39 is 10.0 Å². The monoisotopic (exact) mass is 365 g/mol. The zero-order chi connectivity index (χ0) is 15.6. The number of rotatable bonds is 4. The van der Waals surface area contributed by atoms with E-state index in [2.05, 4.69) is 15.0 Å². The van der Waals surface area contributed by atoms with E-state index in [0.717, 1.165) is 0 Å². The molecule has 1 aromatic heterocycles. The molecule has 9 heteroatoms. The van der Waals surface area contributed by atoms with Gasteiger partial charge in [-0.3, -0.25) is 4.72 Å². The maximum absolute atomic E-state index is 12.3. The Morgan fingerprint density at radius 2 is 1.71 bits per heavy atom. The second kappa shape index (κ2) is 6.27. The standard InChI is InChI=1S/C12H10Cl3N3O2S/c1-16-11-6-8(2-3-17-11)21(19,20)18-12-9(14)4-7(13)5-10(12)15/h2-6,18H,1H3,(H,16,17). The summed E-state index contributed by atoms with van der Waals surface area (Å²) in [6.07, 6.45) is 1.38. The molecule has 5 nitrogen and oxygen atoms in total. The smallest absolute Gasteiger partial charge is 0.262 e. The van der Waals surface area contributed by atoms with Gasteiger partial charge in [0.05, 0.1) is 20.6 Å².